The molecule has 0 N–H and O–H groups in total. The fourth-order valence-electron chi connectivity index (χ4n) is 0. The summed E-state index contributed by atoms with van der Waals surface area (Å²) in [6.07, 6.45) is 0. The van der Waals surface area contributed by atoms with E-state index in [-0.39, 0.29) is 81.6 Å². The second kappa shape index (κ2) is 33.9. The van der Waals surface area contributed by atoms with Crippen LogP contribution >= 0.6 is 0 Å². The molecule has 20 valence electrons. The van der Waals surface area contributed by atoms with E-state index in [1.165, 1.54) is 0 Å². The van der Waals surface area contributed by atoms with Gasteiger partial charge in [-0.15, -0.1) is 0 Å². The van der Waals surface area contributed by atoms with Crippen LogP contribution in [0.15, 0.2) is 0 Å². The molecule has 0 aromatic rings. The van der Waals surface area contributed by atoms with Crippen molar-refractivity contribution in [2.24, 2.45) is 0 Å². The second-order valence-corrected chi connectivity index (χ2v) is 0. The molecule has 0 unspecified atom stereocenters. The molecule has 0 aliphatic heterocycles. The van der Waals surface area contributed by atoms with Gasteiger partial charge >= 0.3 is 23.9 Å². The largest absolute Gasteiger partial charge is 4.00 e. The summed E-state index contributed by atoms with van der Waals surface area (Å²) in [4.78, 5) is 0. The first-order chi connectivity index (χ1) is 0. The van der Waals surface area contributed by atoms with Gasteiger partial charge in [0.1, 0.15) is 0 Å². The molecule has 0 saturated heterocycles. The number of hydrogen-bond donors (Lipinski definition) is 0. The molecule has 0 aromatic heterocycles. The van der Waals surface area contributed by atoms with Crippen LogP contribution in [0.5, 0.6) is 0 Å². The zero-order valence-electron chi connectivity index (χ0n) is 2.73. The first-order valence-corrected chi connectivity index (χ1v) is 0. The Bertz CT molecular complexity index is 9.61. The SMILES string of the molecule is [Cd].[O-2].[O-2].[Sn+4].[Zn]. The summed E-state index contributed by atoms with van der Waals surface area (Å²) in [7, 11) is 0. The Labute approximate surface area is 80.6 Å². The van der Waals surface area contributed by atoms with Crippen LogP contribution in [0.3, 0.4) is 0 Å². The van der Waals surface area contributed by atoms with E-state index >= 15 is 0 Å². The van der Waals surface area contributed by atoms with Gasteiger partial charge in [-0.2, -0.15) is 0 Å². The van der Waals surface area contributed by atoms with Crippen LogP contribution in [0.1, 0.15) is 0 Å². The van der Waals surface area contributed by atoms with Crippen molar-refractivity contribution in [2.75, 3.05) is 0 Å². The summed E-state index contributed by atoms with van der Waals surface area (Å²) in [6.45, 7) is 0. The van der Waals surface area contributed by atoms with E-state index in [4.69, 9.17) is 0 Å². The van der Waals surface area contributed by atoms with Crippen LogP contribution in [0, 0.1) is 0 Å². The minimum absolute atomic E-state index is 0. The molecule has 0 heterocycles. The standard InChI is InChI=1S/Cd.2O.Sn.Zn/q;2*-2;+4;. The Morgan fingerprint density at radius 2 is 0.800 bits per heavy atom. The summed E-state index contributed by atoms with van der Waals surface area (Å²) in [5, 5.41) is 0. The van der Waals surface area contributed by atoms with E-state index in [0.717, 1.165) is 0 Å². The Morgan fingerprint density at radius 3 is 0.800 bits per heavy atom. The van der Waals surface area contributed by atoms with Gasteiger partial charge in [0.2, 0.25) is 0 Å². The van der Waals surface area contributed by atoms with Crippen molar-refractivity contribution in [3.05, 3.63) is 0 Å². The quantitative estimate of drug-likeness (QED) is 0.532. The third-order valence-electron chi connectivity index (χ3n) is 0. The van der Waals surface area contributed by atoms with Gasteiger partial charge in [-0.05, 0) is 0 Å². The third-order valence-corrected chi connectivity index (χ3v) is 0. The van der Waals surface area contributed by atoms with E-state index in [9.17, 15) is 0 Å². The fourth-order valence-corrected chi connectivity index (χ4v) is 0. The van der Waals surface area contributed by atoms with E-state index in [2.05, 4.69) is 0 Å². The average molecular weight is 329 g/mol. The molecule has 0 aliphatic rings. The molecular formula is CdO2SnZn. The minimum Gasteiger partial charge on any atom is -2.00 e. The zero-order valence-corrected chi connectivity index (χ0v) is 12.6. The average Bonchev–Trinajstić information content (AvgIpc) is 0. The summed E-state index contributed by atoms with van der Waals surface area (Å²) < 4.78 is 0. The zero-order chi connectivity index (χ0) is 0. The van der Waals surface area contributed by atoms with Gasteiger partial charge in [0.15, 0.2) is 0 Å². The van der Waals surface area contributed by atoms with E-state index in [1.807, 2.05) is 0 Å². The Hall–Kier alpha value is 2.26. The summed E-state index contributed by atoms with van der Waals surface area (Å²) in [5.41, 5.74) is 0. The molecule has 0 saturated carbocycles. The van der Waals surface area contributed by atoms with Crippen LogP contribution < -0.4 is 0 Å². The van der Waals surface area contributed by atoms with Crippen LogP contribution in [-0.4, -0.2) is 23.9 Å². The molecule has 0 spiro atoms. The van der Waals surface area contributed by atoms with Gasteiger partial charge in [0, 0.05) is 46.8 Å². The first kappa shape index (κ1) is 55.6. The van der Waals surface area contributed by atoms with Gasteiger partial charge in [0.05, 0.1) is 0 Å². The van der Waals surface area contributed by atoms with Gasteiger partial charge in [-0.3, -0.25) is 0 Å². The Kier molecular flexibility index (Phi) is 377. The van der Waals surface area contributed by atoms with E-state index < -0.39 is 0 Å². The fraction of sp³-hybridized carbons (Fsp3) is 0. The summed E-state index contributed by atoms with van der Waals surface area (Å²) >= 11 is 0. The molecule has 0 aliphatic carbocycles. The second-order valence-electron chi connectivity index (χ2n) is 0. The van der Waals surface area contributed by atoms with Gasteiger partial charge in [-0.1, -0.05) is 0 Å². The molecule has 5 heteroatoms. The molecular weight excluding hydrogens is 329 g/mol. The molecule has 0 rings (SSSR count). The normalized spacial score (nSPS) is 0. The van der Waals surface area contributed by atoms with Gasteiger partial charge in [-0.25, -0.2) is 0 Å². The van der Waals surface area contributed by atoms with Crippen LogP contribution in [0.4, 0.5) is 0 Å². The summed E-state index contributed by atoms with van der Waals surface area (Å²) in [5.74, 6) is 0. The van der Waals surface area contributed by atoms with Crippen LogP contribution in [0.2, 0.25) is 0 Å². The van der Waals surface area contributed by atoms with Crippen molar-refractivity contribution in [3.8, 4) is 0 Å². The van der Waals surface area contributed by atoms with E-state index in [0.29, 0.717) is 0 Å². The van der Waals surface area contributed by atoms with Crippen LogP contribution in [-0.2, 0) is 57.7 Å². The third kappa shape index (κ3) is 22.2. The monoisotopic (exact) mass is 330 g/mol. The molecule has 0 atom stereocenters. The van der Waals surface area contributed by atoms with Crippen molar-refractivity contribution in [1.29, 1.82) is 0 Å². The number of hydrogen-bond acceptors (Lipinski definition) is 0. The smallest absolute Gasteiger partial charge is 2.00 e. The molecule has 0 amide bonds. The van der Waals surface area contributed by atoms with Gasteiger partial charge < -0.3 is 11.0 Å². The maximum atomic E-state index is 0. The van der Waals surface area contributed by atoms with Crippen molar-refractivity contribution in [3.63, 3.8) is 0 Å². The number of rotatable bonds is 0. The van der Waals surface area contributed by atoms with E-state index in [1.54, 1.807) is 0 Å². The van der Waals surface area contributed by atoms with Crippen molar-refractivity contribution in [1.82, 2.24) is 0 Å². The molecule has 2 nitrogen and oxygen atoms in total. The Balaban J connectivity index is 0. The molecule has 0 radical (unpaired) electrons. The van der Waals surface area contributed by atoms with Crippen molar-refractivity contribution >= 4 is 23.9 Å². The predicted octanol–water partition coefficient (Wildman–Crippen LogP) is -0.623. The summed E-state index contributed by atoms with van der Waals surface area (Å²) in [6, 6.07) is 0. The Morgan fingerprint density at radius 1 is 0.800 bits per heavy atom. The van der Waals surface area contributed by atoms with Crippen LogP contribution in [0.25, 0.3) is 0 Å². The molecule has 0 fully saturated rings. The maximum absolute atomic E-state index is 0. The minimum atomic E-state index is 0. The predicted molar refractivity (Wildman–Crippen MR) is 7.13 cm³/mol. The topological polar surface area (TPSA) is 57.0 Å². The molecule has 5 heavy (non-hydrogen) atoms. The molecule has 0 aromatic carbocycles. The van der Waals surface area contributed by atoms with Crippen molar-refractivity contribution in [2.45, 2.75) is 0 Å². The van der Waals surface area contributed by atoms with Gasteiger partial charge in [0.25, 0.3) is 0 Å². The first-order valence-electron chi connectivity index (χ1n) is 0. The molecule has 0 bridgehead atoms. The maximum Gasteiger partial charge on any atom is 4.00 e. The van der Waals surface area contributed by atoms with Crippen molar-refractivity contribution < 1.29 is 57.7 Å².